The van der Waals surface area contributed by atoms with Gasteiger partial charge in [-0.1, -0.05) is 0 Å². The molecule has 1 rings (SSSR count). The minimum atomic E-state index is -0.195. The van der Waals surface area contributed by atoms with Crippen molar-refractivity contribution in [3.05, 3.63) is 0 Å². The molecule has 0 unspecified atom stereocenters. The molecule has 0 aliphatic heterocycles. The lowest BCUT2D eigenvalue weighted by molar-refractivity contribution is -0.123. The average Bonchev–Trinajstić information content (AvgIpc) is 2.26. The molecule has 0 heterocycles. The lowest BCUT2D eigenvalue weighted by Crippen LogP contribution is -2.41. The first kappa shape index (κ1) is 12.0. The molecule has 1 fully saturated rings. The van der Waals surface area contributed by atoms with E-state index in [1.54, 1.807) is 7.05 Å². The van der Waals surface area contributed by atoms with E-state index in [1.807, 2.05) is 0 Å². The highest BCUT2D eigenvalue weighted by Crippen LogP contribution is 2.23. The van der Waals surface area contributed by atoms with E-state index in [1.165, 1.54) is 0 Å². The Morgan fingerprint density at radius 2 is 1.87 bits per heavy atom. The maximum atomic E-state index is 11.0. The summed E-state index contributed by atoms with van der Waals surface area (Å²) in [5.74, 6) is -0.171. The molecular weight excluding hydrogens is 194 g/mol. The smallest absolute Gasteiger partial charge is 0.233 e. The van der Waals surface area contributed by atoms with Crippen molar-refractivity contribution >= 4 is 11.8 Å². The number of nitrogens with two attached hydrogens (primary N) is 1. The molecule has 0 radical (unpaired) electrons. The molecule has 0 aromatic heterocycles. The Morgan fingerprint density at radius 1 is 1.27 bits per heavy atom. The van der Waals surface area contributed by atoms with Crippen LogP contribution in [0.1, 0.15) is 25.7 Å². The molecule has 0 aromatic carbocycles. The number of nitrogens with one attached hydrogen (secondary N) is 2. The summed E-state index contributed by atoms with van der Waals surface area (Å²) in [5.41, 5.74) is 5.23. The number of carbonyl (C=O) groups excluding carboxylic acids is 2. The number of carbonyl (C=O) groups is 2. The number of amides is 2. The first-order valence-corrected chi connectivity index (χ1v) is 5.36. The van der Waals surface area contributed by atoms with E-state index in [0.29, 0.717) is 12.6 Å². The second kappa shape index (κ2) is 5.70. The Balaban J connectivity index is 2.20. The summed E-state index contributed by atoms with van der Waals surface area (Å²) in [4.78, 5) is 21.9. The molecule has 5 nitrogen and oxygen atoms in total. The van der Waals surface area contributed by atoms with Crippen LogP contribution >= 0.6 is 0 Å². The van der Waals surface area contributed by atoms with Crippen LogP contribution in [0.3, 0.4) is 0 Å². The summed E-state index contributed by atoms with van der Waals surface area (Å²) in [5, 5.41) is 5.72. The summed E-state index contributed by atoms with van der Waals surface area (Å²) in [6, 6.07) is 0.345. The third-order valence-electron chi connectivity index (χ3n) is 2.96. The summed E-state index contributed by atoms with van der Waals surface area (Å²) in [6.07, 6.45) is 3.51. The molecule has 1 saturated carbocycles. The zero-order valence-electron chi connectivity index (χ0n) is 9.08. The van der Waals surface area contributed by atoms with Crippen LogP contribution in [-0.4, -0.2) is 31.4 Å². The van der Waals surface area contributed by atoms with Crippen molar-refractivity contribution in [1.82, 2.24) is 10.6 Å². The van der Waals surface area contributed by atoms with Crippen molar-refractivity contribution < 1.29 is 9.59 Å². The topological polar surface area (TPSA) is 84.2 Å². The van der Waals surface area contributed by atoms with Gasteiger partial charge in [0, 0.05) is 19.0 Å². The van der Waals surface area contributed by atoms with Gasteiger partial charge >= 0.3 is 0 Å². The molecule has 0 bridgehead atoms. The number of hydrogen-bond acceptors (Lipinski definition) is 3. The van der Waals surface area contributed by atoms with Crippen LogP contribution in [0.2, 0.25) is 0 Å². The van der Waals surface area contributed by atoms with Gasteiger partial charge in [0.25, 0.3) is 0 Å². The SMILES string of the molecule is CNC(=O)CNC1CCC(C(N)=O)CC1. The monoisotopic (exact) mass is 213 g/mol. The van der Waals surface area contributed by atoms with Crippen LogP contribution in [0.15, 0.2) is 0 Å². The quantitative estimate of drug-likeness (QED) is 0.581. The van der Waals surface area contributed by atoms with Gasteiger partial charge < -0.3 is 16.4 Å². The summed E-state index contributed by atoms with van der Waals surface area (Å²) < 4.78 is 0. The van der Waals surface area contributed by atoms with E-state index in [0.717, 1.165) is 25.7 Å². The second-order valence-corrected chi connectivity index (χ2v) is 4.00. The van der Waals surface area contributed by atoms with Gasteiger partial charge in [0.2, 0.25) is 11.8 Å². The summed E-state index contributed by atoms with van der Waals surface area (Å²) >= 11 is 0. The molecule has 15 heavy (non-hydrogen) atoms. The van der Waals surface area contributed by atoms with Gasteiger partial charge in [0.05, 0.1) is 6.54 Å². The van der Waals surface area contributed by atoms with E-state index in [4.69, 9.17) is 5.73 Å². The normalized spacial score (nSPS) is 25.9. The lowest BCUT2D eigenvalue weighted by atomic mass is 9.85. The fourth-order valence-electron chi connectivity index (χ4n) is 1.91. The Kier molecular flexibility index (Phi) is 4.55. The third-order valence-corrected chi connectivity index (χ3v) is 2.96. The Hall–Kier alpha value is -1.10. The summed E-state index contributed by atoms with van der Waals surface area (Å²) in [6.45, 7) is 0.350. The van der Waals surface area contributed by atoms with Gasteiger partial charge in [-0.05, 0) is 25.7 Å². The maximum absolute atomic E-state index is 11.0. The Morgan fingerprint density at radius 3 is 2.33 bits per heavy atom. The first-order valence-electron chi connectivity index (χ1n) is 5.36. The van der Waals surface area contributed by atoms with E-state index in [2.05, 4.69) is 10.6 Å². The van der Waals surface area contributed by atoms with E-state index < -0.39 is 0 Å². The fraction of sp³-hybridized carbons (Fsp3) is 0.800. The molecule has 2 amide bonds. The molecule has 1 aliphatic carbocycles. The maximum Gasteiger partial charge on any atom is 0.233 e. The molecule has 0 atom stereocenters. The van der Waals surface area contributed by atoms with Crippen LogP contribution in [-0.2, 0) is 9.59 Å². The van der Waals surface area contributed by atoms with Crippen LogP contribution in [0.25, 0.3) is 0 Å². The third kappa shape index (κ3) is 3.87. The van der Waals surface area contributed by atoms with Gasteiger partial charge in [-0.25, -0.2) is 0 Å². The summed E-state index contributed by atoms with van der Waals surface area (Å²) in [7, 11) is 1.62. The van der Waals surface area contributed by atoms with Crippen LogP contribution in [0.4, 0.5) is 0 Å². The van der Waals surface area contributed by atoms with Crippen molar-refractivity contribution in [2.45, 2.75) is 31.7 Å². The number of rotatable bonds is 4. The van der Waals surface area contributed by atoms with E-state index in [9.17, 15) is 9.59 Å². The van der Waals surface area contributed by atoms with Gasteiger partial charge in [-0.2, -0.15) is 0 Å². The Labute approximate surface area is 89.8 Å². The number of hydrogen-bond donors (Lipinski definition) is 3. The van der Waals surface area contributed by atoms with Crippen molar-refractivity contribution in [3.63, 3.8) is 0 Å². The molecule has 0 saturated heterocycles. The van der Waals surface area contributed by atoms with Crippen molar-refractivity contribution in [2.24, 2.45) is 11.7 Å². The van der Waals surface area contributed by atoms with Crippen LogP contribution in [0, 0.1) is 5.92 Å². The molecule has 0 spiro atoms. The molecular formula is C10H19N3O2. The molecule has 4 N–H and O–H groups in total. The van der Waals surface area contributed by atoms with Crippen molar-refractivity contribution in [2.75, 3.05) is 13.6 Å². The lowest BCUT2D eigenvalue weighted by Gasteiger charge is -2.27. The minimum Gasteiger partial charge on any atom is -0.369 e. The highest BCUT2D eigenvalue weighted by atomic mass is 16.2. The number of likely N-dealkylation sites (N-methyl/N-ethyl adjacent to an activating group) is 1. The highest BCUT2D eigenvalue weighted by molar-refractivity contribution is 5.77. The molecule has 1 aliphatic rings. The zero-order chi connectivity index (χ0) is 11.3. The predicted octanol–water partition coefficient (Wildman–Crippen LogP) is -0.634. The van der Waals surface area contributed by atoms with Gasteiger partial charge in [-0.15, -0.1) is 0 Å². The van der Waals surface area contributed by atoms with Crippen molar-refractivity contribution in [3.8, 4) is 0 Å². The fourth-order valence-corrected chi connectivity index (χ4v) is 1.91. The van der Waals surface area contributed by atoms with E-state index in [-0.39, 0.29) is 17.7 Å². The molecule has 0 aromatic rings. The highest BCUT2D eigenvalue weighted by Gasteiger charge is 2.24. The van der Waals surface area contributed by atoms with Crippen molar-refractivity contribution in [1.29, 1.82) is 0 Å². The van der Waals surface area contributed by atoms with E-state index >= 15 is 0 Å². The van der Waals surface area contributed by atoms with Gasteiger partial charge in [-0.3, -0.25) is 9.59 Å². The number of primary amides is 1. The van der Waals surface area contributed by atoms with Gasteiger partial charge in [0.15, 0.2) is 0 Å². The van der Waals surface area contributed by atoms with Crippen LogP contribution < -0.4 is 16.4 Å². The van der Waals surface area contributed by atoms with Gasteiger partial charge in [0.1, 0.15) is 0 Å². The second-order valence-electron chi connectivity index (χ2n) is 4.00. The molecule has 5 heteroatoms. The standard InChI is InChI=1S/C10H19N3O2/c1-12-9(14)6-13-8-4-2-7(3-5-8)10(11)15/h7-8,13H,2-6H2,1H3,(H2,11,15)(H,12,14). The zero-order valence-corrected chi connectivity index (χ0v) is 9.08. The average molecular weight is 213 g/mol. The molecule has 86 valence electrons. The van der Waals surface area contributed by atoms with Crippen LogP contribution in [0.5, 0.6) is 0 Å². The minimum absolute atomic E-state index is 0.00738. The largest absolute Gasteiger partial charge is 0.369 e. The predicted molar refractivity (Wildman–Crippen MR) is 57.0 cm³/mol. The Bertz CT molecular complexity index is 235. The first-order chi connectivity index (χ1) is 7.13.